The van der Waals surface area contributed by atoms with Gasteiger partial charge in [-0.25, -0.2) is 9.97 Å². The molecule has 2 heterocycles. The molecule has 1 unspecified atom stereocenters. The number of aryl methyl sites for hydroxylation is 1. The summed E-state index contributed by atoms with van der Waals surface area (Å²) < 4.78 is 0. The van der Waals surface area contributed by atoms with Crippen LogP contribution in [0.25, 0.3) is 0 Å². The van der Waals surface area contributed by atoms with Crippen molar-refractivity contribution in [3.05, 3.63) is 17.6 Å². The zero-order chi connectivity index (χ0) is 13.8. The quantitative estimate of drug-likeness (QED) is 0.809. The van der Waals surface area contributed by atoms with Crippen LogP contribution in [0.2, 0.25) is 0 Å². The van der Waals surface area contributed by atoms with E-state index in [9.17, 15) is 4.79 Å². The van der Waals surface area contributed by atoms with E-state index in [-0.39, 0.29) is 11.8 Å². The smallest absolute Gasteiger partial charge is 0.221 e. The van der Waals surface area contributed by atoms with Gasteiger partial charge in [-0.05, 0) is 26.8 Å². The van der Waals surface area contributed by atoms with Gasteiger partial charge in [-0.15, -0.1) is 0 Å². The maximum Gasteiger partial charge on any atom is 0.221 e. The molecular formula is C13H21N5O. The number of nitrogens with zero attached hydrogens (tertiary/aromatic N) is 3. The van der Waals surface area contributed by atoms with Crippen molar-refractivity contribution in [2.45, 2.75) is 26.8 Å². The molecule has 1 aromatic heterocycles. The predicted molar refractivity (Wildman–Crippen MR) is 73.5 cm³/mol. The van der Waals surface area contributed by atoms with Crippen LogP contribution in [0.3, 0.4) is 0 Å². The van der Waals surface area contributed by atoms with Gasteiger partial charge in [-0.1, -0.05) is 0 Å². The van der Waals surface area contributed by atoms with Crippen LogP contribution >= 0.6 is 0 Å². The molecule has 0 radical (unpaired) electrons. The minimum absolute atomic E-state index is 0.0296. The number of aromatic nitrogens is 2. The summed E-state index contributed by atoms with van der Waals surface area (Å²) in [6.45, 7) is 7.09. The van der Waals surface area contributed by atoms with Crippen molar-refractivity contribution >= 4 is 11.7 Å². The maximum atomic E-state index is 11.1. The van der Waals surface area contributed by atoms with Crippen molar-refractivity contribution in [1.29, 1.82) is 0 Å². The molecule has 1 aromatic rings. The molecular weight excluding hydrogens is 242 g/mol. The number of nitrogens with two attached hydrogens (primary N) is 1. The average Bonchev–Trinajstić information content (AvgIpc) is 2.77. The van der Waals surface area contributed by atoms with Gasteiger partial charge in [0.05, 0.1) is 12.5 Å². The lowest BCUT2D eigenvalue weighted by Crippen LogP contribution is -2.27. The molecule has 0 bridgehead atoms. The highest BCUT2D eigenvalue weighted by molar-refractivity contribution is 5.77. The molecule has 0 spiro atoms. The minimum atomic E-state index is -0.207. The third-order valence-electron chi connectivity index (χ3n) is 3.30. The lowest BCUT2D eigenvalue weighted by molar-refractivity contribution is -0.121. The van der Waals surface area contributed by atoms with Crippen LogP contribution in [-0.4, -0.2) is 40.4 Å². The Kier molecular flexibility index (Phi) is 4.31. The van der Waals surface area contributed by atoms with Gasteiger partial charge in [0.25, 0.3) is 0 Å². The van der Waals surface area contributed by atoms with Crippen molar-refractivity contribution in [2.24, 2.45) is 11.7 Å². The Hall–Kier alpha value is -1.69. The molecule has 1 amide bonds. The Bertz CT molecular complexity index is 462. The van der Waals surface area contributed by atoms with Crippen molar-refractivity contribution < 1.29 is 4.79 Å². The van der Waals surface area contributed by atoms with Crippen LogP contribution in [0.1, 0.15) is 24.9 Å². The standard InChI is InChI=1S/C13H21N5O/c1-3-15-11-6-9(2)16-12(17-11)8-18-5-4-10(7-18)13(14)19/h6,10H,3-5,7-8H2,1-2H3,(H2,14,19)(H,15,16,17). The summed E-state index contributed by atoms with van der Waals surface area (Å²) in [6.07, 6.45) is 0.835. The van der Waals surface area contributed by atoms with Gasteiger partial charge in [0.15, 0.2) is 0 Å². The van der Waals surface area contributed by atoms with Gasteiger partial charge >= 0.3 is 0 Å². The van der Waals surface area contributed by atoms with Crippen LogP contribution < -0.4 is 11.1 Å². The van der Waals surface area contributed by atoms with E-state index in [1.807, 2.05) is 19.9 Å². The third-order valence-corrected chi connectivity index (χ3v) is 3.30. The van der Waals surface area contributed by atoms with Gasteiger partial charge in [0.2, 0.25) is 5.91 Å². The second-order valence-corrected chi connectivity index (χ2v) is 4.96. The molecule has 0 saturated carbocycles. The summed E-state index contributed by atoms with van der Waals surface area (Å²) >= 11 is 0. The molecule has 19 heavy (non-hydrogen) atoms. The van der Waals surface area contributed by atoms with Gasteiger partial charge in [-0.3, -0.25) is 9.69 Å². The van der Waals surface area contributed by atoms with E-state index in [0.29, 0.717) is 13.1 Å². The van der Waals surface area contributed by atoms with Gasteiger partial charge in [0, 0.05) is 24.8 Å². The Morgan fingerprint density at radius 2 is 2.37 bits per heavy atom. The molecule has 1 atom stereocenters. The number of amides is 1. The number of carbonyl (C=O) groups is 1. The van der Waals surface area contributed by atoms with Crippen molar-refractivity contribution in [1.82, 2.24) is 14.9 Å². The van der Waals surface area contributed by atoms with E-state index < -0.39 is 0 Å². The summed E-state index contributed by atoms with van der Waals surface area (Å²) in [4.78, 5) is 22.2. The molecule has 0 aromatic carbocycles. The van der Waals surface area contributed by atoms with E-state index in [2.05, 4.69) is 20.2 Å². The summed E-state index contributed by atoms with van der Waals surface area (Å²) in [5, 5.41) is 3.20. The molecule has 6 heteroatoms. The molecule has 1 aliphatic heterocycles. The number of rotatable bonds is 5. The molecule has 6 nitrogen and oxygen atoms in total. The van der Waals surface area contributed by atoms with Crippen molar-refractivity contribution in [3.8, 4) is 0 Å². The second kappa shape index (κ2) is 5.97. The van der Waals surface area contributed by atoms with Crippen LogP contribution in [0.15, 0.2) is 6.07 Å². The van der Waals surface area contributed by atoms with Crippen LogP contribution in [0.4, 0.5) is 5.82 Å². The second-order valence-electron chi connectivity index (χ2n) is 4.96. The number of likely N-dealkylation sites (tertiary alicyclic amines) is 1. The minimum Gasteiger partial charge on any atom is -0.370 e. The molecule has 2 rings (SSSR count). The maximum absolute atomic E-state index is 11.1. The fourth-order valence-corrected chi connectivity index (χ4v) is 2.38. The van der Waals surface area contributed by atoms with Gasteiger partial charge in [-0.2, -0.15) is 0 Å². The van der Waals surface area contributed by atoms with Crippen molar-refractivity contribution in [3.63, 3.8) is 0 Å². The lowest BCUT2D eigenvalue weighted by atomic mass is 10.1. The summed E-state index contributed by atoms with van der Waals surface area (Å²) in [5.74, 6) is 1.41. The van der Waals surface area contributed by atoms with Crippen molar-refractivity contribution in [2.75, 3.05) is 25.0 Å². The topological polar surface area (TPSA) is 84.1 Å². The first-order valence-electron chi connectivity index (χ1n) is 6.68. The first-order valence-corrected chi connectivity index (χ1v) is 6.68. The Morgan fingerprint density at radius 1 is 1.58 bits per heavy atom. The molecule has 1 fully saturated rings. The fourth-order valence-electron chi connectivity index (χ4n) is 2.38. The van der Waals surface area contributed by atoms with E-state index in [1.54, 1.807) is 0 Å². The van der Waals surface area contributed by atoms with Crippen LogP contribution in [-0.2, 0) is 11.3 Å². The fraction of sp³-hybridized carbons (Fsp3) is 0.615. The Morgan fingerprint density at radius 3 is 3.00 bits per heavy atom. The monoisotopic (exact) mass is 263 g/mol. The number of carbonyl (C=O) groups excluding carboxylic acids is 1. The molecule has 104 valence electrons. The zero-order valence-corrected chi connectivity index (χ0v) is 11.5. The largest absolute Gasteiger partial charge is 0.370 e. The predicted octanol–water partition coefficient (Wildman–Crippen LogP) is 0.524. The van der Waals surface area contributed by atoms with Gasteiger partial charge < -0.3 is 11.1 Å². The number of hydrogen-bond donors (Lipinski definition) is 2. The number of anilines is 1. The molecule has 1 saturated heterocycles. The number of hydrogen-bond acceptors (Lipinski definition) is 5. The van der Waals surface area contributed by atoms with E-state index in [1.165, 1.54) is 0 Å². The SMILES string of the molecule is CCNc1cc(C)nc(CN2CCC(C(N)=O)C2)n1. The van der Waals surface area contributed by atoms with Crippen LogP contribution in [0.5, 0.6) is 0 Å². The third kappa shape index (κ3) is 3.64. The first-order chi connectivity index (χ1) is 9.08. The number of nitrogens with one attached hydrogen (secondary N) is 1. The number of primary amides is 1. The molecule has 0 aliphatic carbocycles. The van der Waals surface area contributed by atoms with Crippen LogP contribution in [0, 0.1) is 12.8 Å². The average molecular weight is 263 g/mol. The van der Waals surface area contributed by atoms with E-state index in [4.69, 9.17) is 5.73 Å². The van der Waals surface area contributed by atoms with E-state index >= 15 is 0 Å². The molecule has 3 N–H and O–H groups in total. The highest BCUT2D eigenvalue weighted by atomic mass is 16.1. The van der Waals surface area contributed by atoms with Gasteiger partial charge in [0.1, 0.15) is 11.6 Å². The highest BCUT2D eigenvalue weighted by Gasteiger charge is 2.26. The normalized spacial score (nSPS) is 19.6. The Labute approximate surface area is 113 Å². The zero-order valence-electron chi connectivity index (χ0n) is 11.5. The highest BCUT2D eigenvalue weighted by Crippen LogP contribution is 2.17. The molecule has 1 aliphatic rings. The summed E-state index contributed by atoms with van der Waals surface area (Å²) in [5.41, 5.74) is 6.28. The Balaban J connectivity index is 2.01. The van der Waals surface area contributed by atoms with E-state index in [0.717, 1.165) is 36.8 Å². The first kappa shape index (κ1) is 13.7. The summed E-state index contributed by atoms with van der Waals surface area (Å²) in [7, 11) is 0. The lowest BCUT2D eigenvalue weighted by Gasteiger charge is -2.15. The summed E-state index contributed by atoms with van der Waals surface area (Å²) in [6, 6.07) is 1.93.